The van der Waals surface area contributed by atoms with E-state index in [1.54, 1.807) is 11.3 Å². The molecule has 1 aromatic carbocycles. The summed E-state index contributed by atoms with van der Waals surface area (Å²) in [6, 6.07) is 8.42. The minimum atomic E-state index is 0.257. The first-order chi connectivity index (χ1) is 11.1. The van der Waals surface area contributed by atoms with Gasteiger partial charge in [-0.25, -0.2) is 9.97 Å². The molecule has 0 bridgehead atoms. The fourth-order valence-electron chi connectivity index (χ4n) is 2.51. The van der Waals surface area contributed by atoms with Crippen molar-refractivity contribution in [1.29, 1.82) is 0 Å². The van der Waals surface area contributed by atoms with Crippen LogP contribution in [0.2, 0.25) is 0 Å². The van der Waals surface area contributed by atoms with Crippen molar-refractivity contribution in [2.75, 3.05) is 7.05 Å². The molecule has 5 heteroatoms. The summed E-state index contributed by atoms with van der Waals surface area (Å²) >= 11 is 1.68. The van der Waals surface area contributed by atoms with Gasteiger partial charge in [0.25, 0.3) is 0 Å². The molecule has 3 aromatic rings. The number of aromatic nitrogens is 2. The van der Waals surface area contributed by atoms with Crippen LogP contribution in [-0.4, -0.2) is 21.9 Å². The Morgan fingerprint density at radius 2 is 2.04 bits per heavy atom. The van der Waals surface area contributed by atoms with Gasteiger partial charge in [0, 0.05) is 23.7 Å². The van der Waals surface area contributed by atoms with Crippen LogP contribution in [0.25, 0.3) is 11.5 Å². The van der Waals surface area contributed by atoms with Crippen molar-refractivity contribution >= 4 is 11.3 Å². The molecular formula is C18H21N3OS. The zero-order valence-corrected chi connectivity index (χ0v) is 14.7. The van der Waals surface area contributed by atoms with Gasteiger partial charge in [0.1, 0.15) is 10.8 Å². The molecule has 0 aliphatic carbocycles. The topological polar surface area (TPSA) is 42.2 Å². The van der Waals surface area contributed by atoms with Crippen LogP contribution < -0.4 is 0 Å². The summed E-state index contributed by atoms with van der Waals surface area (Å²) in [6.45, 7) is 6.95. The van der Waals surface area contributed by atoms with E-state index in [-0.39, 0.29) is 6.04 Å². The second-order valence-corrected chi connectivity index (χ2v) is 6.72. The van der Waals surface area contributed by atoms with Crippen molar-refractivity contribution in [3.63, 3.8) is 0 Å². The molecule has 2 aromatic heterocycles. The van der Waals surface area contributed by atoms with Crippen LogP contribution in [0.5, 0.6) is 0 Å². The Morgan fingerprint density at radius 3 is 2.74 bits per heavy atom. The molecular weight excluding hydrogens is 306 g/mol. The Labute approximate surface area is 140 Å². The molecule has 0 aliphatic rings. The van der Waals surface area contributed by atoms with Gasteiger partial charge in [-0.05, 0) is 39.4 Å². The number of hydrogen-bond donors (Lipinski definition) is 0. The molecule has 0 fully saturated rings. The number of aryl methyl sites for hydroxylation is 2. The van der Waals surface area contributed by atoms with Crippen molar-refractivity contribution < 1.29 is 4.42 Å². The molecule has 0 N–H and O–H groups in total. The Kier molecular flexibility index (Phi) is 4.59. The first kappa shape index (κ1) is 15.9. The van der Waals surface area contributed by atoms with E-state index in [4.69, 9.17) is 9.40 Å². The van der Waals surface area contributed by atoms with E-state index < -0.39 is 0 Å². The number of rotatable bonds is 5. The summed E-state index contributed by atoms with van der Waals surface area (Å²) in [4.78, 5) is 11.4. The quantitative estimate of drug-likeness (QED) is 0.686. The summed E-state index contributed by atoms with van der Waals surface area (Å²) in [5, 5.41) is 3.13. The number of benzene rings is 1. The second kappa shape index (κ2) is 6.64. The summed E-state index contributed by atoms with van der Waals surface area (Å²) in [7, 11) is 2.09. The number of hydrogen-bond acceptors (Lipinski definition) is 5. The largest absolute Gasteiger partial charge is 0.441 e. The number of oxazole rings is 1. The molecule has 23 heavy (non-hydrogen) atoms. The first-order valence-electron chi connectivity index (χ1n) is 7.68. The molecule has 0 unspecified atom stereocenters. The summed E-state index contributed by atoms with van der Waals surface area (Å²) in [5.41, 5.74) is 3.21. The van der Waals surface area contributed by atoms with Crippen LogP contribution in [-0.2, 0) is 6.54 Å². The first-order valence-corrected chi connectivity index (χ1v) is 8.56. The van der Waals surface area contributed by atoms with Crippen LogP contribution >= 0.6 is 11.3 Å². The van der Waals surface area contributed by atoms with Gasteiger partial charge in [-0.3, -0.25) is 4.90 Å². The van der Waals surface area contributed by atoms with E-state index in [2.05, 4.69) is 36.8 Å². The molecule has 0 radical (unpaired) electrons. The lowest BCUT2D eigenvalue weighted by Gasteiger charge is -2.21. The molecule has 0 amide bonds. The zero-order chi connectivity index (χ0) is 16.4. The lowest BCUT2D eigenvalue weighted by atomic mass is 10.1. The Morgan fingerprint density at radius 1 is 1.26 bits per heavy atom. The second-order valence-electron chi connectivity index (χ2n) is 5.80. The van der Waals surface area contributed by atoms with Crippen molar-refractivity contribution in [2.45, 2.75) is 33.4 Å². The molecule has 2 heterocycles. The predicted octanol–water partition coefficient (Wildman–Crippen LogP) is 4.61. The van der Waals surface area contributed by atoms with Crippen molar-refractivity contribution in [3.05, 3.63) is 57.9 Å². The van der Waals surface area contributed by atoms with Gasteiger partial charge >= 0.3 is 0 Å². The maximum Gasteiger partial charge on any atom is 0.226 e. The molecule has 1 atom stereocenters. The third-order valence-corrected chi connectivity index (χ3v) is 5.08. The molecule has 120 valence electrons. The minimum Gasteiger partial charge on any atom is -0.441 e. The normalized spacial score (nSPS) is 12.7. The molecule has 0 spiro atoms. The molecule has 0 aliphatic heterocycles. The average Bonchev–Trinajstić information content (AvgIpc) is 3.18. The number of thiazole rings is 1. The molecule has 4 nitrogen and oxygen atoms in total. The van der Waals surface area contributed by atoms with Gasteiger partial charge < -0.3 is 4.42 Å². The van der Waals surface area contributed by atoms with E-state index in [0.717, 1.165) is 28.6 Å². The van der Waals surface area contributed by atoms with E-state index in [9.17, 15) is 0 Å². The van der Waals surface area contributed by atoms with Crippen LogP contribution in [0, 0.1) is 13.8 Å². The number of nitrogens with zero attached hydrogens (tertiary/aromatic N) is 3. The molecule has 0 saturated carbocycles. The van der Waals surface area contributed by atoms with Crippen LogP contribution in [0.3, 0.4) is 0 Å². The molecule has 3 rings (SSSR count). The van der Waals surface area contributed by atoms with Gasteiger partial charge in [-0.2, -0.15) is 0 Å². The van der Waals surface area contributed by atoms with Crippen LogP contribution in [0.1, 0.15) is 35.0 Å². The van der Waals surface area contributed by atoms with E-state index in [0.29, 0.717) is 5.89 Å². The van der Waals surface area contributed by atoms with E-state index >= 15 is 0 Å². The highest BCUT2D eigenvalue weighted by atomic mass is 32.1. The lowest BCUT2D eigenvalue weighted by Crippen LogP contribution is -2.22. The Balaban J connectivity index is 1.80. The van der Waals surface area contributed by atoms with Crippen molar-refractivity contribution in [2.24, 2.45) is 0 Å². The standard InChI is InChI=1S/C18H21N3OS/c1-12-7-5-6-8-15(12)17-20-16(14(3)22-17)11-21(4)13(2)18-19-9-10-23-18/h5-10,13H,11H2,1-4H3/t13-/m0/s1. The summed E-state index contributed by atoms with van der Waals surface area (Å²) in [5.74, 6) is 1.58. The third kappa shape index (κ3) is 3.35. The Hall–Kier alpha value is -1.98. The van der Waals surface area contributed by atoms with E-state index in [1.807, 2.05) is 36.7 Å². The highest BCUT2D eigenvalue weighted by Gasteiger charge is 2.19. The highest BCUT2D eigenvalue weighted by Crippen LogP contribution is 2.27. The van der Waals surface area contributed by atoms with Gasteiger partial charge in [0.05, 0.1) is 11.7 Å². The fourth-order valence-corrected chi connectivity index (χ4v) is 3.27. The van der Waals surface area contributed by atoms with E-state index in [1.165, 1.54) is 5.56 Å². The summed E-state index contributed by atoms with van der Waals surface area (Å²) in [6.07, 6.45) is 1.85. The van der Waals surface area contributed by atoms with Crippen LogP contribution in [0.4, 0.5) is 0 Å². The molecule has 0 saturated heterocycles. The highest BCUT2D eigenvalue weighted by molar-refractivity contribution is 7.09. The summed E-state index contributed by atoms with van der Waals surface area (Å²) < 4.78 is 5.90. The van der Waals surface area contributed by atoms with Crippen molar-refractivity contribution in [1.82, 2.24) is 14.9 Å². The van der Waals surface area contributed by atoms with Crippen LogP contribution in [0.15, 0.2) is 40.3 Å². The maximum atomic E-state index is 5.90. The minimum absolute atomic E-state index is 0.257. The third-order valence-electron chi connectivity index (χ3n) is 4.14. The Bertz CT molecular complexity index is 779. The smallest absolute Gasteiger partial charge is 0.226 e. The monoisotopic (exact) mass is 327 g/mol. The SMILES string of the molecule is Cc1ccccc1-c1nc(CN(C)[C@@H](C)c2nccs2)c(C)o1. The zero-order valence-electron chi connectivity index (χ0n) is 13.9. The predicted molar refractivity (Wildman–Crippen MR) is 93.4 cm³/mol. The lowest BCUT2D eigenvalue weighted by molar-refractivity contribution is 0.248. The van der Waals surface area contributed by atoms with Gasteiger partial charge in [0.15, 0.2) is 0 Å². The van der Waals surface area contributed by atoms with Gasteiger partial charge in [-0.1, -0.05) is 18.2 Å². The van der Waals surface area contributed by atoms with Gasteiger partial charge in [-0.15, -0.1) is 11.3 Å². The average molecular weight is 327 g/mol. The van der Waals surface area contributed by atoms with Gasteiger partial charge in [0.2, 0.25) is 5.89 Å². The fraction of sp³-hybridized carbons (Fsp3) is 0.333. The van der Waals surface area contributed by atoms with Crippen molar-refractivity contribution in [3.8, 4) is 11.5 Å². The maximum absolute atomic E-state index is 5.90.